The van der Waals surface area contributed by atoms with Crippen molar-refractivity contribution in [2.75, 3.05) is 7.11 Å². The molecule has 1 aromatic heterocycles. The van der Waals surface area contributed by atoms with E-state index in [4.69, 9.17) is 4.74 Å². The van der Waals surface area contributed by atoms with Gasteiger partial charge in [0, 0.05) is 11.1 Å². The number of halogens is 1. The third-order valence-corrected chi connectivity index (χ3v) is 6.17. The van der Waals surface area contributed by atoms with Gasteiger partial charge in [-0.05, 0) is 53.8 Å². The van der Waals surface area contributed by atoms with Crippen molar-refractivity contribution < 1.29 is 9.13 Å². The number of aryl methyl sites for hydroxylation is 1. The highest BCUT2D eigenvalue weighted by Gasteiger charge is 2.21. The molecule has 5 rings (SSSR count). The lowest BCUT2D eigenvalue weighted by atomic mass is 10.0. The normalized spacial score (nSPS) is 10.9. The van der Waals surface area contributed by atoms with Crippen LogP contribution in [0.4, 0.5) is 4.39 Å². The molecular formula is C30H25FN2O2. The summed E-state index contributed by atoms with van der Waals surface area (Å²) >= 11 is 0. The third kappa shape index (κ3) is 4.53. The fourth-order valence-corrected chi connectivity index (χ4v) is 4.37. The van der Waals surface area contributed by atoms with Crippen LogP contribution < -0.4 is 10.3 Å². The Morgan fingerprint density at radius 2 is 1.43 bits per heavy atom. The molecule has 4 aromatic carbocycles. The molecule has 0 aliphatic rings. The average molecular weight is 465 g/mol. The molecule has 4 nitrogen and oxygen atoms in total. The smallest absolute Gasteiger partial charge is 0.275 e. The number of hydrogen-bond acceptors (Lipinski definition) is 2. The topological polar surface area (TPSA) is 47.0 Å². The fourth-order valence-electron chi connectivity index (χ4n) is 4.37. The lowest BCUT2D eigenvalue weighted by Crippen LogP contribution is -2.17. The number of rotatable bonds is 7. The number of para-hydroxylation sites is 1. The number of aromatic nitrogens is 2. The minimum atomic E-state index is -0.472. The van der Waals surface area contributed by atoms with Gasteiger partial charge in [-0.25, -0.2) is 9.07 Å². The monoisotopic (exact) mass is 464 g/mol. The Morgan fingerprint density at radius 3 is 2.11 bits per heavy atom. The fraction of sp³-hybridized carbons (Fsp3) is 0.100. The predicted molar refractivity (Wildman–Crippen MR) is 138 cm³/mol. The van der Waals surface area contributed by atoms with Crippen molar-refractivity contribution in [3.8, 4) is 33.8 Å². The van der Waals surface area contributed by atoms with Gasteiger partial charge in [0.15, 0.2) is 11.6 Å². The Bertz CT molecular complexity index is 1490. The van der Waals surface area contributed by atoms with E-state index in [9.17, 15) is 9.18 Å². The van der Waals surface area contributed by atoms with Gasteiger partial charge in [0.2, 0.25) is 0 Å². The van der Waals surface area contributed by atoms with Crippen LogP contribution in [0.3, 0.4) is 0 Å². The second-order valence-corrected chi connectivity index (χ2v) is 8.33. The minimum Gasteiger partial charge on any atom is -0.493 e. The van der Waals surface area contributed by atoms with Crippen LogP contribution in [-0.2, 0) is 12.8 Å². The molecular weight excluding hydrogens is 439 g/mol. The van der Waals surface area contributed by atoms with Crippen molar-refractivity contribution in [2.24, 2.45) is 0 Å². The van der Waals surface area contributed by atoms with Gasteiger partial charge in [0.05, 0.1) is 18.5 Å². The molecule has 0 atom stereocenters. The first-order valence-corrected chi connectivity index (χ1v) is 11.5. The van der Waals surface area contributed by atoms with Crippen LogP contribution in [0.25, 0.3) is 28.1 Å². The maximum absolute atomic E-state index is 14.5. The minimum absolute atomic E-state index is 0.112. The Kier molecular flexibility index (Phi) is 6.31. The van der Waals surface area contributed by atoms with Crippen molar-refractivity contribution in [3.63, 3.8) is 0 Å². The Balaban J connectivity index is 1.59. The van der Waals surface area contributed by atoms with Gasteiger partial charge in [0.25, 0.3) is 5.56 Å². The molecule has 0 aliphatic carbocycles. The summed E-state index contributed by atoms with van der Waals surface area (Å²) in [6.07, 6.45) is 1.19. The van der Waals surface area contributed by atoms with Gasteiger partial charge >= 0.3 is 0 Å². The molecule has 5 heteroatoms. The van der Waals surface area contributed by atoms with Gasteiger partial charge in [0.1, 0.15) is 0 Å². The zero-order chi connectivity index (χ0) is 24.2. The van der Waals surface area contributed by atoms with Crippen molar-refractivity contribution in [1.29, 1.82) is 0 Å². The van der Waals surface area contributed by atoms with Gasteiger partial charge in [-0.3, -0.25) is 9.89 Å². The van der Waals surface area contributed by atoms with E-state index < -0.39 is 5.82 Å². The lowest BCUT2D eigenvalue weighted by molar-refractivity contribution is 0.388. The maximum Gasteiger partial charge on any atom is 0.275 e. The molecule has 174 valence electrons. The number of nitrogens with one attached hydrogen (secondary N) is 1. The number of nitrogens with zero attached hydrogens (tertiary/aromatic N) is 1. The summed E-state index contributed by atoms with van der Waals surface area (Å²) in [5.41, 5.74) is 5.51. The number of methoxy groups -OCH3 is 1. The van der Waals surface area contributed by atoms with E-state index in [1.165, 1.54) is 17.9 Å². The molecule has 1 heterocycles. The Labute approximate surface area is 203 Å². The van der Waals surface area contributed by atoms with Crippen LogP contribution in [0.15, 0.2) is 108 Å². The molecule has 0 saturated carbocycles. The molecule has 5 aromatic rings. The van der Waals surface area contributed by atoms with E-state index >= 15 is 0 Å². The highest BCUT2D eigenvalue weighted by atomic mass is 19.1. The molecule has 0 fully saturated rings. The van der Waals surface area contributed by atoms with Crippen LogP contribution >= 0.6 is 0 Å². The van der Waals surface area contributed by atoms with Crippen LogP contribution in [0.2, 0.25) is 0 Å². The molecule has 0 amide bonds. The molecule has 0 saturated heterocycles. The van der Waals surface area contributed by atoms with Crippen molar-refractivity contribution in [1.82, 2.24) is 9.78 Å². The third-order valence-electron chi connectivity index (χ3n) is 6.17. The molecule has 0 unspecified atom stereocenters. The zero-order valence-corrected chi connectivity index (χ0v) is 19.4. The standard InChI is InChI=1S/C30H25FN2O2/c1-35-29-25(13-8-14-27(29)31)28-26(20-15-21-9-4-2-5-10-21)30(34)33(32-28)24-18-16-23(17-19-24)22-11-6-3-7-12-22/h2-14,16-19,32H,15,20H2,1H3. The van der Waals surface area contributed by atoms with E-state index in [2.05, 4.69) is 5.10 Å². The number of aromatic amines is 1. The largest absolute Gasteiger partial charge is 0.493 e. The summed E-state index contributed by atoms with van der Waals surface area (Å²) in [5, 5.41) is 3.24. The van der Waals surface area contributed by atoms with E-state index in [0.29, 0.717) is 35.3 Å². The zero-order valence-electron chi connectivity index (χ0n) is 19.4. The highest BCUT2D eigenvalue weighted by Crippen LogP contribution is 2.33. The van der Waals surface area contributed by atoms with Gasteiger partial charge in [-0.2, -0.15) is 0 Å². The highest BCUT2D eigenvalue weighted by molar-refractivity contribution is 5.71. The molecule has 0 radical (unpaired) electrons. The molecule has 1 N–H and O–H groups in total. The summed E-state index contributed by atoms with van der Waals surface area (Å²) in [5.74, 6) is -0.360. The number of ether oxygens (including phenoxy) is 1. The number of hydrogen-bond donors (Lipinski definition) is 1. The van der Waals surface area contributed by atoms with Gasteiger partial charge < -0.3 is 4.74 Å². The summed E-state index contributed by atoms with van der Waals surface area (Å²) in [6.45, 7) is 0. The summed E-state index contributed by atoms with van der Waals surface area (Å²) < 4.78 is 21.4. The van der Waals surface area contributed by atoms with Gasteiger partial charge in [-0.1, -0.05) is 78.9 Å². The van der Waals surface area contributed by atoms with E-state index in [1.54, 1.807) is 12.1 Å². The second-order valence-electron chi connectivity index (χ2n) is 8.33. The van der Waals surface area contributed by atoms with Gasteiger partial charge in [-0.15, -0.1) is 0 Å². The van der Waals surface area contributed by atoms with Crippen LogP contribution in [0.1, 0.15) is 11.1 Å². The molecule has 0 spiro atoms. The maximum atomic E-state index is 14.5. The first-order chi connectivity index (χ1) is 17.2. The number of H-pyrrole nitrogens is 1. The SMILES string of the molecule is COc1c(F)cccc1-c1[nH]n(-c2ccc(-c3ccccc3)cc2)c(=O)c1CCc1ccccc1. The predicted octanol–water partition coefficient (Wildman–Crippen LogP) is 6.43. The Hall–Kier alpha value is -4.38. The van der Waals surface area contributed by atoms with Crippen molar-refractivity contribution in [2.45, 2.75) is 12.8 Å². The average Bonchev–Trinajstić information content (AvgIpc) is 3.24. The van der Waals surface area contributed by atoms with Crippen LogP contribution in [0, 0.1) is 5.82 Å². The lowest BCUT2D eigenvalue weighted by Gasteiger charge is -2.10. The van der Waals surface area contributed by atoms with E-state index in [-0.39, 0.29) is 11.3 Å². The summed E-state index contributed by atoms with van der Waals surface area (Å²) in [7, 11) is 1.43. The summed E-state index contributed by atoms with van der Waals surface area (Å²) in [4.78, 5) is 13.6. The van der Waals surface area contributed by atoms with Crippen molar-refractivity contribution in [3.05, 3.63) is 130 Å². The first-order valence-electron chi connectivity index (χ1n) is 11.5. The molecule has 0 bridgehead atoms. The van der Waals surface area contributed by atoms with Crippen molar-refractivity contribution >= 4 is 0 Å². The first kappa shape index (κ1) is 22.4. The molecule has 35 heavy (non-hydrogen) atoms. The molecule has 0 aliphatic heterocycles. The summed E-state index contributed by atoms with van der Waals surface area (Å²) in [6, 6.07) is 32.6. The van der Waals surface area contributed by atoms with Crippen LogP contribution in [-0.4, -0.2) is 16.9 Å². The van der Waals surface area contributed by atoms with E-state index in [0.717, 1.165) is 16.7 Å². The Morgan fingerprint density at radius 1 is 0.771 bits per heavy atom. The number of benzene rings is 4. The van der Waals surface area contributed by atoms with E-state index in [1.807, 2.05) is 84.9 Å². The van der Waals surface area contributed by atoms with Crippen LogP contribution in [0.5, 0.6) is 5.75 Å². The second kappa shape index (κ2) is 9.85. The quantitative estimate of drug-likeness (QED) is 0.302.